The number of hydrogen-bond donors (Lipinski definition) is 1. The zero-order valence-electron chi connectivity index (χ0n) is 20.4. The summed E-state index contributed by atoms with van der Waals surface area (Å²) in [6, 6.07) is 21.1. The number of rotatable bonds is 12. The van der Waals surface area contributed by atoms with Gasteiger partial charge in [0, 0.05) is 0 Å². The van der Waals surface area contributed by atoms with Gasteiger partial charge in [-0.15, -0.1) is 0 Å². The molecule has 0 aliphatic rings. The molecule has 0 saturated carbocycles. The van der Waals surface area contributed by atoms with Crippen LogP contribution in [0.4, 0.5) is 5.69 Å². The minimum Gasteiger partial charge on any atom is -0.492 e. The molecule has 3 rings (SSSR count). The van der Waals surface area contributed by atoms with Crippen molar-refractivity contribution in [3.63, 3.8) is 0 Å². The quantitative estimate of drug-likeness (QED) is 0.219. The number of amides is 1. The van der Waals surface area contributed by atoms with Crippen molar-refractivity contribution in [3.05, 3.63) is 84.4 Å². The summed E-state index contributed by atoms with van der Waals surface area (Å²) in [5, 5.41) is 3.93. The first kappa shape index (κ1) is 27.2. The molecule has 1 amide bonds. The van der Waals surface area contributed by atoms with Crippen LogP contribution in [0.1, 0.15) is 12.5 Å². The predicted molar refractivity (Wildman–Crippen MR) is 138 cm³/mol. The van der Waals surface area contributed by atoms with Crippen molar-refractivity contribution in [1.29, 1.82) is 0 Å². The van der Waals surface area contributed by atoms with Gasteiger partial charge < -0.3 is 14.2 Å². The summed E-state index contributed by atoms with van der Waals surface area (Å²) in [6.45, 7) is 1.31. The third kappa shape index (κ3) is 7.55. The van der Waals surface area contributed by atoms with E-state index in [0.717, 1.165) is 4.31 Å². The molecule has 10 nitrogen and oxygen atoms in total. The van der Waals surface area contributed by atoms with E-state index >= 15 is 0 Å². The Kier molecular flexibility index (Phi) is 9.61. The molecule has 0 saturated heterocycles. The van der Waals surface area contributed by atoms with Gasteiger partial charge in [-0.05, 0) is 48.9 Å². The summed E-state index contributed by atoms with van der Waals surface area (Å²) in [5.74, 6) is -0.453. The zero-order valence-corrected chi connectivity index (χ0v) is 21.2. The average molecular weight is 526 g/mol. The lowest BCUT2D eigenvalue weighted by atomic mass is 10.2. The van der Waals surface area contributed by atoms with Crippen molar-refractivity contribution in [2.45, 2.75) is 11.8 Å². The van der Waals surface area contributed by atoms with Crippen molar-refractivity contribution < 1.29 is 32.2 Å². The van der Waals surface area contributed by atoms with E-state index in [4.69, 9.17) is 9.47 Å². The van der Waals surface area contributed by atoms with Gasteiger partial charge in [-0.3, -0.25) is 9.10 Å². The number of sulfonamides is 1. The third-order valence-corrected chi connectivity index (χ3v) is 6.67. The van der Waals surface area contributed by atoms with E-state index in [0.29, 0.717) is 23.7 Å². The Labute approximate surface area is 215 Å². The normalized spacial score (nSPS) is 11.1. The van der Waals surface area contributed by atoms with Crippen LogP contribution in [0.3, 0.4) is 0 Å². The van der Waals surface area contributed by atoms with Crippen LogP contribution in [-0.4, -0.2) is 53.4 Å². The summed E-state index contributed by atoms with van der Waals surface area (Å²) in [7, 11) is -2.84. The van der Waals surface area contributed by atoms with Gasteiger partial charge in [0.05, 0.1) is 30.5 Å². The number of nitrogens with one attached hydrogen (secondary N) is 1. The molecule has 11 heteroatoms. The molecule has 0 heterocycles. The SMILES string of the molecule is CCOc1ccccc1N(CC(=O)N/N=C/c1cccc(OCC(=O)OC)c1)S(=O)(=O)c1ccccc1. The largest absolute Gasteiger partial charge is 0.492 e. The Bertz CT molecular complexity index is 1350. The number of nitrogens with zero attached hydrogens (tertiary/aromatic N) is 2. The predicted octanol–water partition coefficient (Wildman–Crippen LogP) is 2.98. The monoisotopic (exact) mass is 525 g/mol. The molecule has 1 N–H and O–H groups in total. The summed E-state index contributed by atoms with van der Waals surface area (Å²) in [5.41, 5.74) is 3.16. The molecule has 0 aliphatic carbocycles. The van der Waals surface area contributed by atoms with Crippen LogP contribution >= 0.6 is 0 Å². The maximum atomic E-state index is 13.5. The molecule has 0 fully saturated rings. The van der Waals surface area contributed by atoms with Gasteiger partial charge in [-0.2, -0.15) is 5.10 Å². The van der Waals surface area contributed by atoms with E-state index in [1.54, 1.807) is 73.7 Å². The van der Waals surface area contributed by atoms with Gasteiger partial charge >= 0.3 is 5.97 Å². The second kappa shape index (κ2) is 13.1. The van der Waals surface area contributed by atoms with Crippen molar-refractivity contribution >= 4 is 33.8 Å². The third-order valence-electron chi connectivity index (χ3n) is 4.90. The molecule has 0 bridgehead atoms. The standard InChI is InChI=1S/C26H27N3O7S/c1-3-35-24-15-8-7-14-23(24)29(37(32,33)22-12-5-4-6-13-22)18-25(30)28-27-17-20-10-9-11-21(16-20)36-19-26(31)34-2/h4-17H,3,18-19H2,1-2H3,(H,28,30)/b27-17+. The molecule has 0 unspecified atom stereocenters. The first-order valence-corrected chi connectivity index (χ1v) is 12.7. The first-order chi connectivity index (χ1) is 17.8. The highest BCUT2D eigenvalue weighted by Crippen LogP contribution is 2.32. The highest BCUT2D eigenvalue weighted by molar-refractivity contribution is 7.92. The number of benzene rings is 3. The smallest absolute Gasteiger partial charge is 0.343 e. The molecule has 0 aromatic heterocycles. The Hall–Kier alpha value is -4.38. The number of esters is 1. The van der Waals surface area contributed by atoms with E-state index in [9.17, 15) is 18.0 Å². The molecule has 0 atom stereocenters. The van der Waals surface area contributed by atoms with Crippen molar-refractivity contribution in [2.24, 2.45) is 5.10 Å². The Morgan fingerprint density at radius 1 is 0.973 bits per heavy atom. The zero-order chi connectivity index (χ0) is 26.7. The lowest BCUT2D eigenvalue weighted by Gasteiger charge is -2.25. The molecule has 0 radical (unpaired) electrons. The molecule has 3 aromatic carbocycles. The molecule has 37 heavy (non-hydrogen) atoms. The van der Waals surface area contributed by atoms with E-state index < -0.39 is 28.4 Å². The van der Waals surface area contributed by atoms with E-state index in [-0.39, 0.29) is 17.2 Å². The number of carbonyl (C=O) groups is 2. The number of carbonyl (C=O) groups excluding carboxylic acids is 2. The summed E-state index contributed by atoms with van der Waals surface area (Å²) in [6.07, 6.45) is 1.37. The van der Waals surface area contributed by atoms with E-state index in [1.165, 1.54) is 25.5 Å². The van der Waals surface area contributed by atoms with Crippen LogP contribution in [0.2, 0.25) is 0 Å². The van der Waals surface area contributed by atoms with E-state index in [1.807, 2.05) is 0 Å². The fraction of sp³-hybridized carbons (Fsp3) is 0.192. The number of hydrogen-bond acceptors (Lipinski definition) is 8. The number of ether oxygens (including phenoxy) is 3. The highest BCUT2D eigenvalue weighted by Gasteiger charge is 2.29. The highest BCUT2D eigenvalue weighted by atomic mass is 32.2. The number of anilines is 1. The van der Waals surface area contributed by atoms with Crippen molar-refractivity contribution in [1.82, 2.24) is 5.43 Å². The minimum absolute atomic E-state index is 0.0290. The molecular weight excluding hydrogens is 498 g/mol. The lowest BCUT2D eigenvalue weighted by molar-refractivity contribution is -0.142. The molecule has 0 spiro atoms. The van der Waals surface area contributed by atoms with Crippen molar-refractivity contribution in [3.8, 4) is 11.5 Å². The van der Waals surface area contributed by atoms with Gasteiger partial charge in [0.25, 0.3) is 15.9 Å². The average Bonchev–Trinajstić information content (AvgIpc) is 2.91. The summed E-state index contributed by atoms with van der Waals surface area (Å²) >= 11 is 0. The lowest BCUT2D eigenvalue weighted by Crippen LogP contribution is -2.39. The fourth-order valence-corrected chi connectivity index (χ4v) is 4.64. The Balaban J connectivity index is 1.78. The maximum Gasteiger partial charge on any atom is 0.343 e. The Morgan fingerprint density at radius 3 is 2.43 bits per heavy atom. The fourth-order valence-electron chi connectivity index (χ4n) is 3.19. The van der Waals surface area contributed by atoms with Crippen LogP contribution in [0.15, 0.2) is 88.9 Å². The summed E-state index contributed by atoms with van der Waals surface area (Å²) in [4.78, 5) is 24.1. The molecule has 0 aliphatic heterocycles. The number of hydrazone groups is 1. The van der Waals surface area contributed by atoms with Gasteiger partial charge in [0.15, 0.2) is 6.61 Å². The van der Waals surface area contributed by atoms with E-state index in [2.05, 4.69) is 15.3 Å². The topological polar surface area (TPSA) is 124 Å². The van der Waals surface area contributed by atoms with Gasteiger partial charge in [0.1, 0.15) is 18.0 Å². The van der Waals surface area contributed by atoms with Gasteiger partial charge in [-0.1, -0.05) is 42.5 Å². The molecule has 194 valence electrons. The maximum absolute atomic E-state index is 13.5. The number of para-hydroxylation sites is 2. The Morgan fingerprint density at radius 2 is 1.70 bits per heavy atom. The second-order valence-electron chi connectivity index (χ2n) is 7.46. The van der Waals surface area contributed by atoms with Crippen molar-refractivity contribution in [2.75, 3.05) is 31.2 Å². The second-order valence-corrected chi connectivity index (χ2v) is 9.32. The number of methoxy groups -OCH3 is 1. The summed E-state index contributed by atoms with van der Waals surface area (Å²) < 4.78 is 43.5. The minimum atomic E-state index is -4.10. The van der Waals surface area contributed by atoms with Gasteiger partial charge in [0.2, 0.25) is 0 Å². The van der Waals surface area contributed by atoms with Crippen LogP contribution in [-0.2, 0) is 24.3 Å². The van der Waals surface area contributed by atoms with Crippen LogP contribution in [0.25, 0.3) is 0 Å². The van der Waals surface area contributed by atoms with Crippen LogP contribution in [0.5, 0.6) is 11.5 Å². The van der Waals surface area contributed by atoms with Crippen LogP contribution < -0.4 is 19.2 Å². The molecular formula is C26H27N3O7S. The van der Waals surface area contributed by atoms with Crippen LogP contribution in [0, 0.1) is 0 Å². The molecule has 3 aromatic rings. The first-order valence-electron chi connectivity index (χ1n) is 11.3. The van der Waals surface area contributed by atoms with Gasteiger partial charge in [-0.25, -0.2) is 18.6 Å².